The summed E-state index contributed by atoms with van der Waals surface area (Å²) < 4.78 is 39.4. The zero-order valence-corrected chi connectivity index (χ0v) is 14.4. The summed E-state index contributed by atoms with van der Waals surface area (Å²) in [6.07, 6.45) is 3.06. The minimum absolute atomic E-state index is 0.0923. The molecule has 1 aromatic carbocycles. The molecule has 26 heavy (non-hydrogen) atoms. The fourth-order valence-corrected chi connectivity index (χ4v) is 2.66. The van der Waals surface area contributed by atoms with Crippen molar-refractivity contribution < 1.29 is 27.5 Å². The predicted molar refractivity (Wildman–Crippen MR) is 92.6 cm³/mol. The van der Waals surface area contributed by atoms with E-state index in [1.54, 1.807) is 18.2 Å². The summed E-state index contributed by atoms with van der Waals surface area (Å²) in [5.74, 6) is 0.308. The third-order valence-corrected chi connectivity index (χ3v) is 3.89. The molecule has 1 aromatic heterocycles. The molecule has 2 aromatic rings. The number of benzene rings is 1. The standard InChI is InChI=1S/C17H14F2N2O4S/c1-23-14-8-10(4-5-13(14)25-16(18)19)7-12-15(22)21(17(26)20-12)9-11-3-2-6-24-11/h2-8,16H,9H2,1H3,(H,20,26)/b12-7+. The lowest BCUT2D eigenvalue weighted by Gasteiger charge is -2.11. The van der Waals surface area contributed by atoms with Crippen LogP contribution in [-0.4, -0.2) is 29.6 Å². The van der Waals surface area contributed by atoms with E-state index >= 15 is 0 Å². The van der Waals surface area contributed by atoms with Crippen LogP contribution in [0.2, 0.25) is 0 Å². The van der Waals surface area contributed by atoms with Crippen LogP contribution in [0.25, 0.3) is 6.08 Å². The Morgan fingerprint density at radius 1 is 1.35 bits per heavy atom. The van der Waals surface area contributed by atoms with E-state index < -0.39 is 6.61 Å². The number of hydrogen-bond donors (Lipinski definition) is 1. The van der Waals surface area contributed by atoms with Gasteiger partial charge in [-0.2, -0.15) is 8.78 Å². The largest absolute Gasteiger partial charge is 0.493 e. The first-order valence-electron chi connectivity index (χ1n) is 7.47. The Morgan fingerprint density at radius 2 is 2.15 bits per heavy atom. The monoisotopic (exact) mass is 380 g/mol. The van der Waals surface area contributed by atoms with Crippen molar-refractivity contribution in [3.05, 3.63) is 53.6 Å². The fourth-order valence-electron chi connectivity index (χ4n) is 2.41. The molecule has 0 saturated carbocycles. The number of nitrogens with zero attached hydrogens (tertiary/aromatic N) is 1. The highest BCUT2D eigenvalue weighted by Gasteiger charge is 2.31. The SMILES string of the molecule is COc1cc(/C=C2/NC(=S)N(Cc3ccco3)C2=O)ccc1OC(F)F. The van der Waals surface area contributed by atoms with Crippen molar-refractivity contribution in [1.82, 2.24) is 10.2 Å². The normalized spacial score (nSPS) is 15.7. The molecule has 0 atom stereocenters. The maximum Gasteiger partial charge on any atom is 0.387 e. The molecule has 0 radical (unpaired) electrons. The molecule has 1 aliphatic heterocycles. The second-order valence-corrected chi connectivity index (χ2v) is 5.63. The van der Waals surface area contributed by atoms with Crippen LogP contribution in [0, 0.1) is 0 Å². The molecule has 2 heterocycles. The van der Waals surface area contributed by atoms with Crippen LogP contribution in [0.5, 0.6) is 11.5 Å². The first-order valence-corrected chi connectivity index (χ1v) is 7.88. The van der Waals surface area contributed by atoms with Gasteiger partial charge in [-0.05, 0) is 48.1 Å². The summed E-state index contributed by atoms with van der Waals surface area (Å²) >= 11 is 5.18. The third kappa shape index (κ3) is 3.83. The zero-order valence-electron chi connectivity index (χ0n) is 13.6. The minimum Gasteiger partial charge on any atom is -0.493 e. The van der Waals surface area contributed by atoms with Gasteiger partial charge in [0.05, 0.1) is 19.9 Å². The van der Waals surface area contributed by atoms with E-state index in [2.05, 4.69) is 10.1 Å². The van der Waals surface area contributed by atoms with Gasteiger partial charge in [-0.25, -0.2) is 0 Å². The summed E-state index contributed by atoms with van der Waals surface area (Å²) in [6, 6.07) is 7.82. The van der Waals surface area contributed by atoms with Crippen molar-refractivity contribution in [3.8, 4) is 11.5 Å². The Kier molecular flexibility index (Phi) is 5.17. The highest BCUT2D eigenvalue weighted by molar-refractivity contribution is 7.80. The molecular weight excluding hydrogens is 366 g/mol. The van der Waals surface area contributed by atoms with Gasteiger partial charge < -0.3 is 19.2 Å². The van der Waals surface area contributed by atoms with Crippen LogP contribution in [0.15, 0.2) is 46.7 Å². The lowest BCUT2D eigenvalue weighted by Crippen LogP contribution is -2.29. The van der Waals surface area contributed by atoms with E-state index in [4.69, 9.17) is 21.4 Å². The number of carbonyl (C=O) groups is 1. The summed E-state index contributed by atoms with van der Waals surface area (Å²) in [7, 11) is 1.34. The van der Waals surface area contributed by atoms with Crippen LogP contribution >= 0.6 is 12.2 Å². The minimum atomic E-state index is -2.96. The second kappa shape index (κ2) is 7.52. The summed E-state index contributed by atoms with van der Waals surface area (Å²) in [5.41, 5.74) is 0.813. The van der Waals surface area contributed by atoms with Crippen LogP contribution in [0.4, 0.5) is 8.78 Å². The van der Waals surface area contributed by atoms with Gasteiger partial charge >= 0.3 is 6.61 Å². The number of amides is 1. The summed E-state index contributed by atoms with van der Waals surface area (Å²) in [5, 5.41) is 3.09. The van der Waals surface area contributed by atoms with Crippen molar-refractivity contribution >= 4 is 29.3 Å². The lowest BCUT2D eigenvalue weighted by molar-refractivity contribution is -0.122. The molecule has 1 fully saturated rings. The van der Waals surface area contributed by atoms with E-state index in [9.17, 15) is 13.6 Å². The second-order valence-electron chi connectivity index (χ2n) is 5.25. The van der Waals surface area contributed by atoms with E-state index in [1.165, 1.54) is 36.5 Å². The van der Waals surface area contributed by atoms with E-state index in [1.807, 2.05) is 0 Å². The fraction of sp³-hybridized carbons (Fsp3) is 0.176. The van der Waals surface area contributed by atoms with Crippen molar-refractivity contribution in [2.24, 2.45) is 0 Å². The highest BCUT2D eigenvalue weighted by atomic mass is 32.1. The Bertz CT molecular complexity index is 852. The number of hydrogen-bond acceptors (Lipinski definition) is 5. The number of rotatable bonds is 6. The Balaban J connectivity index is 1.81. The lowest BCUT2D eigenvalue weighted by atomic mass is 10.1. The number of carbonyl (C=O) groups excluding carboxylic acids is 1. The molecule has 1 aliphatic rings. The van der Waals surface area contributed by atoms with Gasteiger partial charge in [0.2, 0.25) is 0 Å². The van der Waals surface area contributed by atoms with Gasteiger partial charge in [-0.1, -0.05) is 6.07 Å². The first kappa shape index (κ1) is 17.9. The molecule has 136 valence electrons. The number of ether oxygens (including phenoxy) is 2. The third-order valence-electron chi connectivity index (χ3n) is 3.57. The van der Waals surface area contributed by atoms with Gasteiger partial charge in [-0.15, -0.1) is 0 Å². The zero-order chi connectivity index (χ0) is 18.7. The van der Waals surface area contributed by atoms with Crippen molar-refractivity contribution in [2.75, 3.05) is 7.11 Å². The van der Waals surface area contributed by atoms with Gasteiger partial charge in [0.25, 0.3) is 5.91 Å². The van der Waals surface area contributed by atoms with Crippen molar-refractivity contribution in [1.29, 1.82) is 0 Å². The first-order chi connectivity index (χ1) is 12.5. The molecule has 6 nitrogen and oxygen atoms in total. The van der Waals surface area contributed by atoms with E-state index in [0.29, 0.717) is 11.3 Å². The Morgan fingerprint density at radius 3 is 2.81 bits per heavy atom. The number of methoxy groups -OCH3 is 1. The van der Waals surface area contributed by atoms with Crippen molar-refractivity contribution in [2.45, 2.75) is 13.2 Å². The predicted octanol–water partition coefficient (Wildman–Crippen LogP) is 3.15. The Hall–Kier alpha value is -2.94. The molecule has 9 heteroatoms. The molecule has 0 unspecified atom stereocenters. The van der Waals surface area contributed by atoms with Crippen LogP contribution in [-0.2, 0) is 11.3 Å². The Labute approximate surface area is 153 Å². The molecule has 0 spiro atoms. The number of halogens is 2. The summed E-state index contributed by atoms with van der Waals surface area (Å²) in [6.45, 7) is -2.75. The quantitative estimate of drug-likeness (QED) is 0.614. The van der Waals surface area contributed by atoms with Gasteiger partial charge in [0.15, 0.2) is 16.6 Å². The van der Waals surface area contributed by atoms with Crippen LogP contribution in [0.3, 0.4) is 0 Å². The van der Waals surface area contributed by atoms with Crippen molar-refractivity contribution in [3.63, 3.8) is 0 Å². The van der Waals surface area contributed by atoms with E-state index in [0.717, 1.165) is 0 Å². The molecule has 1 N–H and O–H groups in total. The maximum atomic E-state index is 12.5. The maximum absolute atomic E-state index is 12.5. The van der Waals surface area contributed by atoms with E-state index in [-0.39, 0.29) is 34.8 Å². The van der Waals surface area contributed by atoms with Gasteiger partial charge in [0, 0.05) is 0 Å². The molecule has 1 amide bonds. The number of furan rings is 1. The smallest absolute Gasteiger partial charge is 0.387 e. The number of nitrogens with one attached hydrogen (secondary N) is 1. The average Bonchev–Trinajstić information content (AvgIpc) is 3.20. The highest BCUT2D eigenvalue weighted by Crippen LogP contribution is 2.30. The molecule has 0 aliphatic carbocycles. The van der Waals surface area contributed by atoms with Crippen LogP contribution < -0.4 is 14.8 Å². The molecule has 0 bridgehead atoms. The average molecular weight is 380 g/mol. The molecular formula is C17H14F2N2O4S. The topological polar surface area (TPSA) is 63.9 Å². The molecule has 1 saturated heterocycles. The van der Waals surface area contributed by atoms with Crippen LogP contribution in [0.1, 0.15) is 11.3 Å². The molecule has 3 rings (SSSR count). The number of alkyl halides is 2. The summed E-state index contributed by atoms with van der Waals surface area (Å²) in [4.78, 5) is 13.9. The van der Waals surface area contributed by atoms with Gasteiger partial charge in [0.1, 0.15) is 11.5 Å². The number of thiocarbonyl (C=S) groups is 1. The van der Waals surface area contributed by atoms with Gasteiger partial charge in [-0.3, -0.25) is 9.69 Å².